The molecular weight excluding hydrogens is 397 g/mol. The smallest absolute Gasteiger partial charge is 0.410 e. The number of hydrogen-bond donors (Lipinski definition) is 2. The number of thiazole rings is 1. The summed E-state index contributed by atoms with van der Waals surface area (Å²) in [6, 6.07) is 5.04. The summed E-state index contributed by atoms with van der Waals surface area (Å²) in [6.45, 7) is 3.16. The summed E-state index contributed by atoms with van der Waals surface area (Å²) in [5, 5.41) is 18.5. The van der Waals surface area contributed by atoms with Crippen LogP contribution in [0.15, 0.2) is 34.7 Å². The number of halogens is 3. The van der Waals surface area contributed by atoms with Crippen LogP contribution >= 0.6 is 11.3 Å². The highest BCUT2D eigenvalue weighted by molar-refractivity contribution is 7.13. The Balaban J connectivity index is 2.22. The number of aromatic nitrogens is 1. The molecule has 0 aliphatic rings. The number of likely N-dealkylation sites (N-methyl/N-ethyl adjacent to an activating group) is 1. The normalized spacial score (nSPS) is 12.8. The van der Waals surface area contributed by atoms with Gasteiger partial charge >= 0.3 is 6.18 Å². The molecule has 7 nitrogen and oxygen atoms in total. The van der Waals surface area contributed by atoms with Crippen molar-refractivity contribution in [3.05, 3.63) is 51.0 Å². The number of nitrogens with one attached hydrogen (secondary N) is 1. The van der Waals surface area contributed by atoms with Crippen LogP contribution in [0, 0.1) is 6.92 Å². The molecule has 28 heavy (non-hydrogen) atoms. The first-order valence-corrected chi connectivity index (χ1v) is 8.73. The van der Waals surface area contributed by atoms with Crippen LogP contribution in [0.25, 0.3) is 0 Å². The lowest BCUT2D eigenvalue weighted by Crippen LogP contribution is -2.29. The van der Waals surface area contributed by atoms with Gasteiger partial charge in [-0.25, -0.2) is 4.98 Å². The van der Waals surface area contributed by atoms with Gasteiger partial charge in [0, 0.05) is 18.2 Å². The van der Waals surface area contributed by atoms with Crippen LogP contribution in [0.2, 0.25) is 0 Å². The summed E-state index contributed by atoms with van der Waals surface area (Å²) >= 11 is 0.464. The van der Waals surface area contributed by atoms with Crippen molar-refractivity contribution in [2.75, 3.05) is 7.05 Å². The molecule has 1 aromatic heterocycles. The summed E-state index contributed by atoms with van der Waals surface area (Å²) in [5.74, 6) is -0.587. The number of nitrogens with zero attached hydrogens (tertiary/aromatic N) is 3. The van der Waals surface area contributed by atoms with E-state index in [1.165, 1.54) is 14.0 Å². The Morgan fingerprint density at radius 3 is 2.68 bits per heavy atom. The van der Waals surface area contributed by atoms with Gasteiger partial charge in [-0.05, 0) is 19.4 Å². The Hall–Kier alpha value is -2.95. The highest BCUT2D eigenvalue weighted by Crippen LogP contribution is 2.33. The van der Waals surface area contributed by atoms with Gasteiger partial charge in [-0.3, -0.25) is 4.79 Å². The number of alkyl halides is 3. The Bertz CT molecular complexity index is 923. The fourth-order valence-electron chi connectivity index (χ4n) is 2.26. The molecule has 11 heteroatoms. The van der Waals surface area contributed by atoms with Crippen molar-refractivity contribution in [3.63, 3.8) is 0 Å². The maximum absolute atomic E-state index is 12.7. The molecule has 1 amide bonds. The van der Waals surface area contributed by atoms with Crippen molar-refractivity contribution < 1.29 is 28.0 Å². The lowest BCUT2D eigenvalue weighted by molar-refractivity contribution is -0.134. The van der Waals surface area contributed by atoms with E-state index in [4.69, 9.17) is 4.84 Å². The van der Waals surface area contributed by atoms with Crippen LogP contribution in [0.4, 0.5) is 13.2 Å². The van der Waals surface area contributed by atoms with Gasteiger partial charge in [-0.1, -0.05) is 28.5 Å². The van der Waals surface area contributed by atoms with Crippen LogP contribution in [0.1, 0.15) is 33.5 Å². The van der Waals surface area contributed by atoms with Gasteiger partial charge in [0.2, 0.25) is 0 Å². The number of rotatable bonds is 6. The van der Waals surface area contributed by atoms with E-state index < -0.39 is 17.0 Å². The number of carbonyl (C=O) groups excluding carboxylic acids is 1. The van der Waals surface area contributed by atoms with Crippen molar-refractivity contribution in [2.45, 2.75) is 26.6 Å². The van der Waals surface area contributed by atoms with Gasteiger partial charge in [0.05, 0.1) is 6.20 Å². The van der Waals surface area contributed by atoms with Gasteiger partial charge in [0.25, 0.3) is 5.91 Å². The van der Waals surface area contributed by atoms with E-state index in [1.54, 1.807) is 25.1 Å². The first-order chi connectivity index (χ1) is 13.2. The van der Waals surface area contributed by atoms with E-state index in [2.05, 4.69) is 20.6 Å². The van der Waals surface area contributed by atoms with Crippen LogP contribution < -0.4 is 5.32 Å². The first-order valence-electron chi connectivity index (χ1n) is 7.92. The second kappa shape index (κ2) is 8.83. The van der Waals surface area contributed by atoms with E-state index in [0.29, 0.717) is 22.5 Å². The lowest BCUT2D eigenvalue weighted by Gasteiger charge is -2.12. The molecule has 0 unspecified atom stereocenters. The molecule has 2 aromatic rings. The van der Waals surface area contributed by atoms with Gasteiger partial charge in [0.15, 0.2) is 5.71 Å². The largest absolute Gasteiger partial charge is 0.427 e. The first kappa shape index (κ1) is 21.4. The van der Waals surface area contributed by atoms with Gasteiger partial charge in [0.1, 0.15) is 22.2 Å². The van der Waals surface area contributed by atoms with Gasteiger partial charge < -0.3 is 15.4 Å². The van der Waals surface area contributed by atoms with Gasteiger partial charge in [-0.15, -0.1) is 11.3 Å². The van der Waals surface area contributed by atoms with Crippen molar-refractivity contribution in [1.29, 1.82) is 0 Å². The Morgan fingerprint density at radius 1 is 1.39 bits per heavy atom. The molecule has 0 atom stereocenters. The second-order valence-electron chi connectivity index (χ2n) is 5.61. The molecule has 0 bridgehead atoms. The summed E-state index contributed by atoms with van der Waals surface area (Å²) in [5.41, 5.74) is 1.64. The van der Waals surface area contributed by atoms with Crippen molar-refractivity contribution in [1.82, 2.24) is 10.3 Å². The number of benzene rings is 1. The topological polar surface area (TPSA) is 96.2 Å². The minimum absolute atomic E-state index is 0.0836. The third-order valence-corrected chi connectivity index (χ3v) is 4.86. The second-order valence-corrected chi connectivity index (χ2v) is 6.64. The molecule has 0 spiro atoms. The van der Waals surface area contributed by atoms with Crippen LogP contribution in [-0.2, 0) is 22.4 Å². The molecule has 0 aliphatic heterocycles. The fraction of sp³-hybridized carbons (Fsp3) is 0.294. The van der Waals surface area contributed by atoms with Crippen LogP contribution in [0.5, 0.6) is 0 Å². The lowest BCUT2D eigenvalue weighted by atomic mass is 9.98. The maximum atomic E-state index is 12.7. The van der Waals surface area contributed by atoms with Crippen molar-refractivity contribution >= 4 is 28.7 Å². The average Bonchev–Trinajstić information content (AvgIpc) is 3.14. The molecule has 2 N–H and O–H groups in total. The molecule has 0 saturated heterocycles. The number of oxime groups is 2. The van der Waals surface area contributed by atoms with Crippen molar-refractivity contribution in [2.24, 2.45) is 10.3 Å². The monoisotopic (exact) mass is 414 g/mol. The Morgan fingerprint density at radius 2 is 2.11 bits per heavy atom. The van der Waals surface area contributed by atoms with E-state index in [-0.39, 0.29) is 23.0 Å². The zero-order valence-corrected chi connectivity index (χ0v) is 16.0. The van der Waals surface area contributed by atoms with E-state index in [1.807, 2.05) is 0 Å². The van der Waals surface area contributed by atoms with E-state index in [9.17, 15) is 23.2 Å². The fourth-order valence-corrected chi connectivity index (χ4v) is 2.98. The Labute approximate surface area is 162 Å². The molecule has 0 fully saturated rings. The minimum Gasteiger partial charge on any atom is -0.410 e. The summed E-state index contributed by atoms with van der Waals surface area (Å²) < 4.78 is 38.0. The molecule has 1 heterocycles. The quantitative estimate of drug-likeness (QED) is 0.431. The minimum atomic E-state index is -4.47. The zero-order valence-electron chi connectivity index (χ0n) is 15.2. The third kappa shape index (κ3) is 4.85. The highest BCUT2D eigenvalue weighted by atomic mass is 32.1. The predicted molar refractivity (Wildman–Crippen MR) is 97.7 cm³/mol. The number of aryl methyl sites for hydroxylation is 1. The third-order valence-electron chi connectivity index (χ3n) is 3.71. The predicted octanol–water partition coefficient (Wildman–Crippen LogP) is 3.34. The number of amides is 1. The molecule has 0 radical (unpaired) electrons. The standard InChI is InChI=1S/C17H17F3N4O3S/c1-9-5-4-6-11(14(23-26)15(25)21-3)12(9)8-27-24-10(2)16-22-7-13(28-16)17(18,19)20/h4-7,26H,8H2,1-3H3,(H,21,25)/b23-14+,24-10+. The summed E-state index contributed by atoms with van der Waals surface area (Å²) in [4.78, 5) is 20.0. The van der Waals surface area contributed by atoms with Crippen LogP contribution in [-0.4, -0.2) is 34.6 Å². The average molecular weight is 414 g/mol. The van der Waals surface area contributed by atoms with E-state index >= 15 is 0 Å². The molecule has 0 saturated carbocycles. The zero-order chi connectivity index (χ0) is 20.9. The number of carbonyl (C=O) groups is 1. The van der Waals surface area contributed by atoms with E-state index in [0.717, 1.165) is 11.8 Å². The molecule has 150 valence electrons. The summed E-state index contributed by atoms with van der Waals surface area (Å²) in [6.07, 6.45) is -3.72. The van der Waals surface area contributed by atoms with Gasteiger partial charge in [-0.2, -0.15) is 13.2 Å². The molecule has 1 aromatic carbocycles. The maximum Gasteiger partial charge on any atom is 0.427 e. The Kier molecular flexibility index (Phi) is 6.73. The highest BCUT2D eigenvalue weighted by Gasteiger charge is 2.33. The molecular formula is C17H17F3N4O3S. The number of hydrogen-bond acceptors (Lipinski definition) is 7. The molecule has 0 aliphatic carbocycles. The molecule has 2 rings (SSSR count). The summed E-state index contributed by atoms with van der Waals surface area (Å²) in [7, 11) is 1.40. The van der Waals surface area contributed by atoms with Crippen molar-refractivity contribution in [3.8, 4) is 0 Å². The van der Waals surface area contributed by atoms with Crippen LogP contribution in [0.3, 0.4) is 0 Å². The SMILES string of the molecule is CNC(=O)/C(=N/O)c1cccc(C)c1CO/N=C(\C)c1ncc(C(F)(F)F)s1.